The second kappa shape index (κ2) is 2.57. The maximum Gasteiger partial charge on any atom is 0.337 e. The summed E-state index contributed by atoms with van der Waals surface area (Å²) in [5.41, 5.74) is 1.09. The molecular weight excluding hydrogens is 174 g/mol. The molecule has 2 heterocycles. The Labute approximate surface area is 72.3 Å². The Hall–Kier alpha value is -1.42. The average Bonchev–Trinajstić information content (AvgIpc) is 2.49. The van der Waals surface area contributed by atoms with Crippen LogP contribution in [0.25, 0.3) is 10.2 Å². The molecule has 0 aliphatic rings. The van der Waals surface area contributed by atoms with E-state index in [4.69, 9.17) is 5.11 Å². The Morgan fingerprint density at radius 2 is 2.42 bits per heavy atom. The van der Waals surface area contributed by atoms with Crippen molar-refractivity contribution in [2.45, 2.75) is 0 Å². The predicted octanol–water partition coefficient (Wildman–Crippen LogP) is 1.99. The Morgan fingerprint density at radius 3 is 3.17 bits per heavy atom. The van der Waals surface area contributed by atoms with Gasteiger partial charge < -0.3 is 5.11 Å². The Bertz CT molecular complexity index is 435. The van der Waals surface area contributed by atoms with Crippen LogP contribution >= 0.6 is 11.3 Å². The number of carbonyl (C=O) groups is 1. The van der Waals surface area contributed by atoms with Gasteiger partial charge in [0.2, 0.25) is 0 Å². The van der Waals surface area contributed by atoms with E-state index in [9.17, 15) is 4.79 Å². The number of fused-ring (bicyclic) bond motifs is 1. The van der Waals surface area contributed by atoms with Crippen molar-refractivity contribution in [1.29, 1.82) is 0 Å². The van der Waals surface area contributed by atoms with Crippen LogP contribution in [0.5, 0.6) is 0 Å². The number of nitrogens with zero attached hydrogens (tertiary/aromatic N) is 1. The van der Waals surface area contributed by atoms with Crippen LogP contribution in [0.4, 0.5) is 0 Å². The summed E-state index contributed by atoms with van der Waals surface area (Å²) in [6.07, 6.45) is 1.37. The molecule has 0 radical (unpaired) electrons. The maximum atomic E-state index is 10.5. The molecule has 12 heavy (non-hydrogen) atoms. The van der Waals surface area contributed by atoms with Crippen molar-refractivity contribution in [1.82, 2.24) is 4.98 Å². The van der Waals surface area contributed by atoms with Gasteiger partial charge in [-0.25, -0.2) is 4.79 Å². The van der Waals surface area contributed by atoms with E-state index in [1.165, 1.54) is 17.5 Å². The lowest BCUT2D eigenvalue weighted by Gasteiger charge is -1.92. The summed E-state index contributed by atoms with van der Waals surface area (Å²) in [7, 11) is 0. The molecule has 0 saturated heterocycles. The number of aromatic carboxylic acids is 1. The zero-order chi connectivity index (χ0) is 8.55. The van der Waals surface area contributed by atoms with Crippen molar-refractivity contribution >= 4 is 27.5 Å². The predicted molar refractivity (Wildman–Crippen MR) is 46.6 cm³/mol. The minimum atomic E-state index is -0.933. The van der Waals surface area contributed by atoms with Crippen LogP contribution in [0.15, 0.2) is 23.7 Å². The normalized spacial score (nSPS) is 10.3. The van der Waals surface area contributed by atoms with E-state index in [2.05, 4.69) is 4.98 Å². The van der Waals surface area contributed by atoms with Crippen LogP contribution in [-0.2, 0) is 0 Å². The van der Waals surface area contributed by atoms with Crippen molar-refractivity contribution in [3.63, 3.8) is 0 Å². The highest BCUT2D eigenvalue weighted by atomic mass is 32.1. The molecule has 2 rings (SSSR count). The molecule has 0 fully saturated rings. The van der Waals surface area contributed by atoms with E-state index in [1.54, 1.807) is 6.07 Å². The first-order chi connectivity index (χ1) is 5.77. The van der Waals surface area contributed by atoms with Crippen LogP contribution in [0.3, 0.4) is 0 Å². The van der Waals surface area contributed by atoms with Crippen molar-refractivity contribution in [3.05, 3.63) is 29.3 Å². The fraction of sp³-hybridized carbons (Fsp3) is 0. The molecule has 0 saturated carbocycles. The lowest BCUT2D eigenvalue weighted by molar-refractivity contribution is 0.0696. The number of aromatic nitrogens is 1. The molecule has 2 aromatic rings. The van der Waals surface area contributed by atoms with Crippen LogP contribution in [0.1, 0.15) is 10.4 Å². The minimum Gasteiger partial charge on any atom is -0.478 e. The Kier molecular flexibility index (Phi) is 1.55. The summed E-state index contributed by atoms with van der Waals surface area (Å²) in [5, 5.41) is 10.5. The highest BCUT2D eigenvalue weighted by molar-refractivity contribution is 7.17. The average molecular weight is 179 g/mol. The number of rotatable bonds is 1. The summed E-state index contributed by atoms with van der Waals surface area (Å²) in [4.78, 5) is 14.5. The molecule has 4 heteroatoms. The molecule has 0 aromatic carbocycles. The zero-order valence-electron chi connectivity index (χ0n) is 6.02. The lowest BCUT2D eigenvalue weighted by atomic mass is 10.3. The molecule has 0 bridgehead atoms. The summed E-state index contributed by atoms with van der Waals surface area (Å²) in [5.74, 6) is -0.933. The molecule has 1 N–H and O–H groups in total. The van der Waals surface area contributed by atoms with Crippen molar-refractivity contribution in [2.24, 2.45) is 0 Å². The fourth-order valence-electron chi connectivity index (χ4n) is 0.963. The summed E-state index contributed by atoms with van der Waals surface area (Å²) < 4.78 is 0.912. The molecule has 2 aromatic heterocycles. The molecule has 0 aliphatic heterocycles. The molecule has 0 spiro atoms. The SMILES string of the molecule is O=C(O)c1cnc2ccsc2c1. The van der Waals surface area contributed by atoms with Gasteiger partial charge in [-0.15, -0.1) is 11.3 Å². The van der Waals surface area contributed by atoms with Gasteiger partial charge in [0.25, 0.3) is 0 Å². The molecule has 0 atom stereocenters. The smallest absolute Gasteiger partial charge is 0.337 e. The number of carboxylic acid groups (broad SMARTS) is 1. The van der Waals surface area contributed by atoms with Crippen LogP contribution in [0, 0.1) is 0 Å². The zero-order valence-corrected chi connectivity index (χ0v) is 6.84. The minimum absolute atomic E-state index is 0.241. The van der Waals surface area contributed by atoms with E-state index in [1.807, 2.05) is 11.4 Å². The second-order valence-corrected chi connectivity index (χ2v) is 3.28. The molecular formula is C8H5NO2S. The number of hydrogen-bond acceptors (Lipinski definition) is 3. The highest BCUT2D eigenvalue weighted by Crippen LogP contribution is 2.19. The molecule has 0 aliphatic carbocycles. The topological polar surface area (TPSA) is 50.2 Å². The second-order valence-electron chi connectivity index (χ2n) is 2.33. The van der Waals surface area contributed by atoms with Crippen molar-refractivity contribution in [2.75, 3.05) is 0 Å². The molecule has 3 nitrogen and oxygen atoms in total. The Balaban J connectivity index is 2.68. The maximum absolute atomic E-state index is 10.5. The third kappa shape index (κ3) is 1.06. The molecule has 60 valence electrons. The summed E-state index contributed by atoms with van der Waals surface area (Å²) >= 11 is 1.49. The third-order valence-electron chi connectivity index (χ3n) is 1.55. The molecule has 0 amide bonds. The van der Waals surface area contributed by atoms with E-state index in [0.29, 0.717) is 0 Å². The van der Waals surface area contributed by atoms with E-state index in [-0.39, 0.29) is 5.56 Å². The van der Waals surface area contributed by atoms with Gasteiger partial charge in [-0.05, 0) is 17.5 Å². The van der Waals surface area contributed by atoms with E-state index in [0.717, 1.165) is 10.2 Å². The monoisotopic (exact) mass is 179 g/mol. The standard InChI is InChI=1S/C8H5NO2S/c10-8(11)5-3-7-6(9-4-5)1-2-12-7/h1-4H,(H,10,11). The van der Waals surface area contributed by atoms with Gasteiger partial charge in [0, 0.05) is 6.20 Å². The van der Waals surface area contributed by atoms with Gasteiger partial charge in [0.05, 0.1) is 15.8 Å². The molecule has 0 unspecified atom stereocenters. The Morgan fingerprint density at radius 1 is 1.58 bits per heavy atom. The van der Waals surface area contributed by atoms with Gasteiger partial charge in [-0.1, -0.05) is 0 Å². The first kappa shape index (κ1) is 7.24. The summed E-state index contributed by atoms with van der Waals surface area (Å²) in [6.45, 7) is 0. The van der Waals surface area contributed by atoms with Crippen LogP contribution in [0.2, 0.25) is 0 Å². The summed E-state index contributed by atoms with van der Waals surface area (Å²) in [6, 6.07) is 3.50. The lowest BCUT2D eigenvalue weighted by Crippen LogP contribution is -1.95. The fourth-order valence-corrected chi connectivity index (χ4v) is 1.74. The van der Waals surface area contributed by atoms with Gasteiger partial charge in [0.1, 0.15) is 0 Å². The van der Waals surface area contributed by atoms with Crippen LogP contribution < -0.4 is 0 Å². The first-order valence-electron chi connectivity index (χ1n) is 3.34. The van der Waals surface area contributed by atoms with Gasteiger partial charge in [0.15, 0.2) is 0 Å². The van der Waals surface area contributed by atoms with E-state index < -0.39 is 5.97 Å². The third-order valence-corrected chi connectivity index (χ3v) is 2.40. The van der Waals surface area contributed by atoms with E-state index >= 15 is 0 Å². The van der Waals surface area contributed by atoms with Crippen LogP contribution in [-0.4, -0.2) is 16.1 Å². The number of pyridine rings is 1. The van der Waals surface area contributed by atoms with Crippen molar-refractivity contribution in [3.8, 4) is 0 Å². The largest absolute Gasteiger partial charge is 0.478 e. The van der Waals surface area contributed by atoms with Gasteiger partial charge in [-0.3, -0.25) is 4.98 Å². The van der Waals surface area contributed by atoms with Crippen molar-refractivity contribution < 1.29 is 9.90 Å². The first-order valence-corrected chi connectivity index (χ1v) is 4.22. The number of thiophene rings is 1. The van der Waals surface area contributed by atoms with Gasteiger partial charge in [-0.2, -0.15) is 0 Å². The highest BCUT2D eigenvalue weighted by Gasteiger charge is 2.04. The van der Waals surface area contributed by atoms with Gasteiger partial charge >= 0.3 is 5.97 Å². The number of carboxylic acids is 1. The quantitative estimate of drug-likeness (QED) is 0.728. The number of hydrogen-bond donors (Lipinski definition) is 1.